The number of hydrogen-bond donors (Lipinski definition) is 3. The fraction of sp³-hybridized carbons (Fsp3) is 0.333. The van der Waals surface area contributed by atoms with E-state index in [1.54, 1.807) is 6.07 Å². The van der Waals surface area contributed by atoms with Crippen LogP contribution < -0.4 is 10.6 Å². The van der Waals surface area contributed by atoms with Gasteiger partial charge in [-0.3, -0.25) is 0 Å². The lowest BCUT2D eigenvalue weighted by Gasteiger charge is -2.06. The van der Waals surface area contributed by atoms with E-state index in [2.05, 4.69) is 33.5 Å². The van der Waals surface area contributed by atoms with Crippen LogP contribution in [-0.2, 0) is 13.1 Å². The molecule has 0 fully saturated rings. The number of halogens is 1. The first-order valence-electron chi connectivity index (χ1n) is 9.12. The van der Waals surface area contributed by atoms with Crippen LogP contribution in [0, 0.1) is 5.82 Å². The highest BCUT2D eigenvalue weighted by Crippen LogP contribution is 2.23. The van der Waals surface area contributed by atoms with Gasteiger partial charge in [-0.2, -0.15) is 0 Å². The minimum atomic E-state index is -0.166. The fourth-order valence-electron chi connectivity index (χ4n) is 3.17. The molecule has 3 N–H and O–H groups in total. The van der Waals surface area contributed by atoms with Gasteiger partial charge in [0.1, 0.15) is 5.82 Å². The number of nitrogens with zero attached hydrogens (tertiary/aromatic N) is 1. The van der Waals surface area contributed by atoms with Crippen molar-refractivity contribution in [2.75, 3.05) is 26.2 Å². The van der Waals surface area contributed by atoms with Gasteiger partial charge in [-0.05, 0) is 37.2 Å². The van der Waals surface area contributed by atoms with Crippen LogP contribution in [-0.4, -0.2) is 35.9 Å². The summed E-state index contributed by atoms with van der Waals surface area (Å²) < 4.78 is 16.1. The van der Waals surface area contributed by atoms with Crippen molar-refractivity contribution >= 4 is 10.9 Å². The van der Waals surface area contributed by atoms with Crippen molar-refractivity contribution in [1.29, 1.82) is 0 Å². The molecule has 0 radical (unpaired) electrons. The second-order valence-electron chi connectivity index (χ2n) is 6.39. The van der Waals surface area contributed by atoms with Crippen LogP contribution in [0.25, 0.3) is 10.9 Å². The largest absolute Gasteiger partial charge is 0.395 e. The Balaban J connectivity index is 1.66. The number of aromatic nitrogens is 1. The van der Waals surface area contributed by atoms with Crippen LogP contribution >= 0.6 is 0 Å². The van der Waals surface area contributed by atoms with Crippen molar-refractivity contribution < 1.29 is 9.50 Å². The molecule has 2 aromatic carbocycles. The van der Waals surface area contributed by atoms with Crippen molar-refractivity contribution in [3.8, 4) is 0 Å². The lowest BCUT2D eigenvalue weighted by atomic mass is 10.2. The molecule has 0 saturated heterocycles. The molecule has 0 unspecified atom stereocenters. The summed E-state index contributed by atoms with van der Waals surface area (Å²) in [5.74, 6) is -0.166. The van der Waals surface area contributed by atoms with Gasteiger partial charge >= 0.3 is 0 Å². The molecule has 0 spiro atoms. The molecular weight excluding hydrogens is 329 g/mol. The third-order valence-corrected chi connectivity index (χ3v) is 4.48. The third-order valence-electron chi connectivity index (χ3n) is 4.48. The number of nitrogens with one attached hydrogen (secondary N) is 2. The molecule has 3 rings (SSSR count). The van der Waals surface area contributed by atoms with Crippen molar-refractivity contribution in [2.24, 2.45) is 0 Å². The number of aliphatic hydroxyl groups excluding tert-OH is 1. The van der Waals surface area contributed by atoms with Crippen LogP contribution in [0.15, 0.2) is 54.7 Å². The molecule has 0 aliphatic carbocycles. The maximum Gasteiger partial charge on any atom is 0.128 e. The van der Waals surface area contributed by atoms with Crippen LogP contribution in [0.1, 0.15) is 17.5 Å². The van der Waals surface area contributed by atoms with E-state index >= 15 is 0 Å². The molecule has 4 nitrogen and oxygen atoms in total. The van der Waals surface area contributed by atoms with Crippen LogP contribution in [0.4, 0.5) is 4.39 Å². The topological polar surface area (TPSA) is 49.2 Å². The monoisotopic (exact) mass is 355 g/mol. The second-order valence-corrected chi connectivity index (χ2v) is 6.39. The highest BCUT2D eigenvalue weighted by Gasteiger charge is 2.09. The standard InChI is InChI=1S/C21H26FN3O/c22-20-8-3-1-6-17(20)15-25-16-18(19-7-2-4-9-21(19)25)14-24-11-5-10-23-12-13-26/h1-4,6-9,16,23-24,26H,5,10-15H2. The van der Waals surface area contributed by atoms with E-state index in [1.165, 1.54) is 17.0 Å². The minimum Gasteiger partial charge on any atom is -0.395 e. The molecule has 26 heavy (non-hydrogen) atoms. The zero-order valence-corrected chi connectivity index (χ0v) is 14.9. The van der Waals surface area contributed by atoms with Gasteiger partial charge in [0.15, 0.2) is 0 Å². The number of aliphatic hydroxyl groups is 1. The molecular formula is C21H26FN3O. The minimum absolute atomic E-state index is 0.166. The van der Waals surface area contributed by atoms with Crippen molar-refractivity contribution in [3.63, 3.8) is 0 Å². The van der Waals surface area contributed by atoms with Crippen LogP contribution in [0.5, 0.6) is 0 Å². The van der Waals surface area contributed by atoms with E-state index in [0.29, 0.717) is 18.7 Å². The summed E-state index contributed by atoms with van der Waals surface area (Å²) in [4.78, 5) is 0. The average molecular weight is 355 g/mol. The number of rotatable bonds is 10. The summed E-state index contributed by atoms with van der Waals surface area (Å²) in [5.41, 5.74) is 3.04. The Kier molecular flexibility index (Phi) is 6.77. The Morgan fingerprint density at radius 3 is 2.50 bits per heavy atom. The quantitative estimate of drug-likeness (QED) is 0.490. The van der Waals surface area contributed by atoms with Gasteiger partial charge in [0, 0.05) is 35.8 Å². The first-order chi connectivity index (χ1) is 12.8. The summed E-state index contributed by atoms with van der Waals surface area (Å²) in [6.45, 7) is 3.93. The highest BCUT2D eigenvalue weighted by molar-refractivity contribution is 5.84. The maximum atomic E-state index is 14.0. The van der Waals surface area contributed by atoms with Crippen molar-refractivity contribution in [2.45, 2.75) is 19.5 Å². The van der Waals surface area contributed by atoms with Gasteiger partial charge < -0.3 is 20.3 Å². The Bertz CT molecular complexity index is 831. The first-order valence-corrected chi connectivity index (χ1v) is 9.12. The van der Waals surface area contributed by atoms with E-state index in [1.807, 2.05) is 24.3 Å². The Morgan fingerprint density at radius 2 is 1.65 bits per heavy atom. The Labute approximate surface area is 153 Å². The number of benzene rings is 2. The van der Waals surface area contributed by atoms with Crippen molar-refractivity contribution in [3.05, 3.63) is 71.7 Å². The summed E-state index contributed by atoms with van der Waals surface area (Å²) in [6, 6.07) is 15.2. The molecule has 0 aliphatic rings. The molecule has 5 heteroatoms. The molecule has 0 atom stereocenters. The molecule has 0 aliphatic heterocycles. The van der Waals surface area contributed by atoms with E-state index in [4.69, 9.17) is 5.11 Å². The maximum absolute atomic E-state index is 14.0. The number of para-hydroxylation sites is 1. The summed E-state index contributed by atoms with van der Waals surface area (Å²) in [7, 11) is 0. The molecule has 0 saturated carbocycles. The summed E-state index contributed by atoms with van der Waals surface area (Å²) in [5, 5.41) is 16.6. The molecule has 138 valence electrons. The predicted molar refractivity (Wildman–Crippen MR) is 104 cm³/mol. The second kappa shape index (κ2) is 9.48. The normalized spacial score (nSPS) is 11.3. The molecule has 0 amide bonds. The van der Waals surface area contributed by atoms with E-state index in [-0.39, 0.29) is 12.4 Å². The van der Waals surface area contributed by atoms with E-state index < -0.39 is 0 Å². The lowest BCUT2D eigenvalue weighted by molar-refractivity contribution is 0.292. The SMILES string of the molecule is OCCNCCCNCc1cn(Cc2ccccc2F)c2ccccc12. The number of hydrogen-bond acceptors (Lipinski definition) is 3. The fourth-order valence-corrected chi connectivity index (χ4v) is 3.17. The zero-order chi connectivity index (χ0) is 18.2. The zero-order valence-electron chi connectivity index (χ0n) is 14.9. The smallest absolute Gasteiger partial charge is 0.128 e. The van der Waals surface area contributed by atoms with Crippen molar-refractivity contribution in [1.82, 2.24) is 15.2 Å². The number of fused-ring (bicyclic) bond motifs is 1. The van der Waals surface area contributed by atoms with Crippen LogP contribution in [0.3, 0.4) is 0 Å². The van der Waals surface area contributed by atoms with Gasteiger partial charge in [0.2, 0.25) is 0 Å². The van der Waals surface area contributed by atoms with Gasteiger partial charge in [0.05, 0.1) is 13.2 Å². The van der Waals surface area contributed by atoms with E-state index in [0.717, 1.165) is 31.6 Å². The lowest BCUT2D eigenvalue weighted by Crippen LogP contribution is -2.23. The summed E-state index contributed by atoms with van der Waals surface area (Å²) in [6.07, 6.45) is 3.13. The average Bonchev–Trinajstić information content (AvgIpc) is 3.01. The van der Waals surface area contributed by atoms with Gasteiger partial charge in [-0.15, -0.1) is 0 Å². The van der Waals surface area contributed by atoms with Gasteiger partial charge in [-0.25, -0.2) is 4.39 Å². The molecule has 1 heterocycles. The predicted octanol–water partition coefficient (Wildman–Crippen LogP) is 2.89. The summed E-state index contributed by atoms with van der Waals surface area (Å²) >= 11 is 0. The molecule has 3 aromatic rings. The van der Waals surface area contributed by atoms with Crippen LogP contribution in [0.2, 0.25) is 0 Å². The third kappa shape index (κ3) is 4.69. The van der Waals surface area contributed by atoms with Gasteiger partial charge in [-0.1, -0.05) is 36.4 Å². The molecule has 1 aromatic heterocycles. The first kappa shape index (κ1) is 18.6. The Morgan fingerprint density at radius 1 is 0.885 bits per heavy atom. The molecule has 0 bridgehead atoms. The van der Waals surface area contributed by atoms with Gasteiger partial charge in [0.25, 0.3) is 0 Å². The van der Waals surface area contributed by atoms with E-state index in [9.17, 15) is 4.39 Å². The Hall–Kier alpha value is -2.21. The highest BCUT2D eigenvalue weighted by atomic mass is 19.1.